The largest absolute Gasteiger partial charge is 0.289 e. The zero-order valence-electron chi connectivity index (χ0n) is 15.7. The second-order valence-corrected chi connectivity index (χ2v) is 9.88. The van der Waals surface area contributed by atoms with Crippen LogP contribution in [0.4, 0.5) is 0 Å². The van der Waals surface area contributed by atoms with Gasteiger partial charge in [0.25, 0.3) is 0 Å². The molecule has 0 bridgehead atoms. The van der Waals surface area contributed by atoms with Crippen LogP contribution in [0.25, 0.3) is 20.2 Å². The van der Waals surface area contributed by atoms with E-state index < -0.39 is 0 Å². The van der Waals surface area contributed by atoms with Crippen molar-refractivity contribution in [3.8, 4) is 0 Å². The summed E-state index contributed by atoms with van der Waals surface area (Å²) in [5.41, 5.74) is 3.83. The van der Waals surface area contributed by atoms with E-state index in [0.29, 0.717) is 0 Å². The molecule has 0 unspecified atom stereocenters. The van der Waals surface area contributed by atoms with Gasteiger partial charge in [-0.15, -0.1) is 11.3 Å². The number of fused-ring (bicyclic) bond motifs is 2. The van der Waals surface area contributed by atoms with Gasteiger partial charge in [0.2, 0.25) is 0 Å². The maximum Gasteiger partial charge on any atom is 0.195 e. The van der Waals surface area contributed by atoms with Gasteiger partial charge in [0.05, 0.1) is 0 Å². The summed E-state index contributed by atoms with van der Waals surface area (Å²) in [6.45, 7) is 15.3. The van der Waals surface area contributed by atoms with Crippen molar-refractivity contribution in [1.29, 1.82) is 0 Å². The third-order valence-electron chi connectivity index (χ3n) is 4.60. The average molecular weight is 339 g/mol. The Hall–Kier alpha value is -1.67. The molecular formula is C22H26OS. The first-order valence-electron chi connectivity index (χ1n) is 8.51. The van der Waals surface area contributed by atoms with Gasteiger partial charge >= 0.3 is 0 Å². The zero-order valence-corrected chi connectivity index (χ0v) is 16.5. The molecule has 0 amide bonds. The fourth-order valence-electron chi connectivity index (χ4n) is 3.06. The molecule has 3 aromatic rings. The fourth-order valence-corrected chi connectivity index (χ4v) is 4.42. The maximum atomic E-state index is 13.2. The summed E-state index contributed by atoms with van der Waals surface area (Å²) in [6.07, 6.45) is 0. The molecule has 0 atom stereocenters. The molecule has 1 aromatic heterocycles. The van der Waals surface area contributed by atoms with Crippen molar-refractivity contribution in [3.05, 3.63) is 57.2 Å². The minimum Gasteiger partial charge on any atom is -0.289 e. The number of benzene rings is 2. The van der Waals surface area contributed by atoms with E-state index in [1.165, 1.54) is 11.1 Å². The molecule has 1 heterocycles. The van der Waals surface area contributed by atoms with Crippen molar-refractivity contribution < 1.29 is 0 Å². The molecule has 2 aromatic carbocycles. The van der Waals surface area contributed by atoms with Crippen molar-refractivity contribution in [2.45, 2.75) is 59.3 Å². The lowest BCUT2D eigenvalue weighted by Gasteiger charge is -2.26. The molecule has 0 aliphatic carbocycles. The van der Waals surface area contributed by atoms with E-state index in [2.05, 4.69) is 65.8 Å². The third-order valence-corrected chi connectivity index (χ3v) is 5.82. The monoisotopic (exact) mass is 338 g/mol. The van der Waals surface area contributed by atoms with Crippen molar-refractivity contribution >= 4 is 31.5 Å². The first-order chi connectivity index (χ1) is 11.0. The Morgan fingerprint density at radius 1 is 0.833 bits per heavy atom. The predicted octanol–water partition coefficient (Wildman–Crippen LogP) is 6.32. The molecule has 0 saturated heterocycles. The second kappa shape index (κ2) is 5.42. The van der Waals surface area contributed by atoms with Gasteiger partial charge in [-0.1, -0.05) is 59.2 Å². The molecule has 3 rings (SSSR count). The first kappa shape index (κ1) is 17.2. The molecule has 126 valence electrons. The van der Waals surface area contributed by atoms with Crippen LogP contribution in [0.5, 0.6) is 0 Å². The lowest BCUT2D eigenvalue weighted by atomic mass is 9.80. The Bertz CT molecular complexity index is 995. The van der Waals surface area contributed by atoms with Gasteiger partial charge in [-0.3, -0.25) is 4.79 Å². The molecule has 0 spiro atoms. The molecule has 24 heavy (non-hydrogen) atoms. The van der Waals surface area contributed by atoms with E-state index in [4.69, 9.17) is 0 Å². The molecule has 0 N–H and O–H groups in total. The molecule has 0 aliphatic heterocycles. The molecule has 0 fully saturated rings. The van der Waals surface area contributed by atoms with E-state index in [0.717, 1.165) is 25.7 Å². The summed E-state index contributed by atoms with van der Waals surface area (Å²) < 4.78 is 2.21. The highest BCUT2D eigenvalue weighted by Gasteiger charge is 2.24. The SMILES string of the molecule is Cc1ccc2sc3c(C(C)(C)C)cc(C(C)(C)C)cc3c(=O)c2c1. The normalized spacial score (nSPS) is 13.0. The van der Waals surface area contributed by atoms with E-state index in [1.807, 2.05) is 13.0 Å². The van der Waals surface area contributed by atoms with Crippen LogP contribution >= 0.6 is 11.3 Å². The van der Waals surface area contributed by atoms with Crippen LogP contribution in [0.3, 0.4) is 0 Å². The number of aryl methyl sites for hydroxylation is 1. The topological polar surface area (TPSA) is 17.1 Å². The van der Waals surface area contributed by atoms with Crippen LogP contribution in [0.1, 0.15) is 58.2 Å². The van der Waals surface area contributed by atoms with Crippen LogP contribution in [-0.2, 0) is 10.8 Å². The summed E-state index contributed by atoms with van der Waals surface area (Å²) in [7, 11) is 0. The summed E-state index contributed by atoms with van der Waals surface area (Å²) in [6, 6.07) is 10.6. The fraction of sp³-hybridized carbons (Fsp3) is 0.409. The van der Waals surface area contributed by atoms with Gasteiger partial charge in [-0.2, -0.15) is 0 Å². The van der Waals surface area contributed by atoms with Gasteiger partial charge in [0.1, 0.15) is 0 Å². The van der Waals surface area contributed by atoms with E-state index in [1.54, 1.807) is 11.3 Å². The highest BCUT2D eigenvalue weighted by Crippen LogP contribution is 2.38. The number of hydrogen-bond acceptors (Lipinski definition) is 2. The van der Waals surface area contributed by atoms with Crippen LogP contribution in [0.15, 0.2) is 35.1 Å². The van der Waals surface area contributed by atoms with Crippen molar-refractivity contribution in [3.63, 3.8) is 0 Å². The van der Waals surface area contributed by atoms with Gasteiger partial charge in [0, 0.05) is 20.2 Å². The lowest BCUT2D eigenvalue weighted by Crippen LogP contribution is -2.18. The molecule has 2 heteroatoms. The highest BCUT2D eigenvalue weighted by molar-refractivity contribution is 7.24. The Balaban J connectivity index is 2.55. The van der Waals surface area contributed by atoms with Gasteiger partial charge < -0.3 is 0 Å². The van der Waals surface area contributed by atoms with Gasteiger partial charge in [0.15, 0.2) is 5.43 Å². The van der Waals surface area contributed by atoms with E-state index in [-0.39, 0.29) is 16.3 Å². The quantitative estimate of drug-likeness (QED) is 0.438. The summed E-state index contributed by atoms with van der Waals surface area (Å²) in [5.74, 6) is 0. The molecule has 0 aliphatic rings. The van der Waals surface area contributed by atoms with Crippen LogP contribution in [0, 0.1) is 6.92 Å². The zero-order chi connectivity index (χ0) is 17.9. The summed E-state index contributed by atoms with van der Waals surface area (Å²) >= 11 is 1.75. The molecular weight excluding hydrogens is 312 g/mol. The Kier molecular flexibility index (Phi) is 3.88. The molecule has 1 nitrogen and oxygen atoms in total. The standard InChI is InChI=1S/C22H26OS/c1-13-8-9-18-15(10-13)19(23)16-11-14(21(2,3)4)12-17(20(16)24-18)22(5,6)7/h8-12H,1-7H3. The average Bonchev–Trinajstić information content (AvgIpc) is 2.45. The predicted molar refractivity (Wildman–Crippen MR) is 108 cm³/mol. The Morgan fingerprint density at radius 3 is 2.08 bits per heavy atom. The van der Waals surface area contributed by atoms with Crippen molar-refractivity contribution in [2.24, 2.45) is 0 Å². The third kappa shape index (κ3) is 2.88. The summed E-state index contributed by atoms with van der Waals surface area (Å²) in [5, 5.41) is 1.72. The number of hydrogen-bond donors (Lipinski definition) is 0. The molecule has 0 saturated carbocycles. The minimum absolute atomic E-state index is 0.000817. The van der Waals surface area contributed by atoms with E-state index in [9.17, 15) is 4.79 Å². The second-order valence-electron chi connectivity index (χ2n) is 8.83. The van der Waals surface area contributed by atoms with Crippen LogP contribution in [0.2, 0.25) is 0 Å². The lowest BCUT2D eigenvalue weighted by molar-refractivity contribution is 0.573. The highest BCUT2D eigenvalue weighted by atomic mass is 32.1. The minimum atomic E-state index is 0.000817. The first-order valence-corrected chi connectivity index (χ1v) is 9.32. The molecule has 0 radical (unpaired) electrons. The Labute approximate surface area is 148 Å². The Morgan fingerprint density at radius 2 is 1.50 bits per heavy atom. The maximum absolute atomic E-state index is 13.2. The summed E-state index contributed by atoms with van der Waals surface area (Å²) in [4.78, 5) is 13.2. The smallest absolute Gasteiger partial charge is 0.195 e. The van der Waals surface area contributed by atoms with Crippen molar-refractivity contribution in [2.75, 3.05) is 0 Å². The van der Waals surface area contributed by atoms with Gasteiger partial charge in [-0.05, 0) is 47.1 Å². The van der Waals surface area contributed by atoms with Crippen LogP contribution in [-0.4, -0.2) is 0 Å². The number of rotatable bonds is 0. The van der Waals surface area contributed by atoms with E-state index >= 15 is 0 Å². The van der Waals surface area contributed by atoms with Gasteiger partial charge in [-0.25, -0.2) is 0 Å². The van der Waals surface area contributed by atoms with Crippen molar-refractivity contribution in [1.82, 2.24) is 0 Å². The van der Waals surface area contributed by atoms with Crippen LogP contribution < -0.4 is 5.43 Å².